The lowest BCUT2D eigenvalue weighted by Gasteiger charge is -2.33. The van der Waals surface area contributed by atoms with Gasteiger partial charge >= 0.3 is 0 Å². The Morgan fingerprint density at radius 3 is 2.72 bits per heavy atom. The van der Waals surface area contributed by atoms with Gasteiger partial charge < -0.3 is 14.7 Å². The van der Waals surface area contributed by atoms with Crippen molar-refractivity contribution in [3.05, 3.63) is 59.1 Å². The van der Waals surface area contributed by atoms with Gasteiger partial charge in [0.25, 0.3) is 0 Å². The van der Waals surface area contributed by atoms with E-state index in [1.807, 2.05) is 31.2 Å². The van der Waals surface area contributed by atoms with E-state index < -0.39 is 0 Å². The Hall–Kier alpha value is -3.22. The minimum Gasteiger partial charge on any atom is -0.359 e. The number of amides is 1. The van der Waals surface area contributed by atoms with Crippen LogP contribution in [0.3, 0.4) is 0 Å². The van der Waals surface area contributed by atoms with Gasteiger partial charge in [-0.25, -0.2) is 9.97 Å². The zero-order valence-corrected chi connectivity index (χ0v) is 18.5. The van der Waals surface area contributed by atoms with Crippen LogP contribution in [0.25, 0.3) is 11.4 Å². The molecule has 0 radical (unpaired) electrons. The molecule has 1 aliphatic carbocycles. The van der Waals surface area contributed by atoms with E-state index in [9.17, 15) is 4.79 Å². The summed E-state index contributed by atoms with van der Waals surface area (Å²) in [6.45, 7) is 4.09. The van der Waals surface area contributed by atoms with Crippen molar-refractivity contribution in [1.29, 1.82) is 0 Å². The Bertz CT molecular complexity index is 1090. The maximum atomic E-state index is 12.7. The number of rotatable bonds is 6. The first kappa shape index (κ1) is 20.7. The molecule has 2 aliphatic rings. The van der Waals surface area contributed by atoms with Crippen molar-refractivity contribution >= 4 is 11.7 Å². The van der Waals surface area contributed by atoms with Gasteiger partial charge in [-0.1, -0.05) is 42.4 Å². The number of benzene rings is 1. The highest BCUT2D eigenvalue weighted by Crippen LogP contribution is 2.33. The van der Waals surface area contributed by atoms with Crippen LogP contribution in [0.4, 0.5) is 5.82 Å². The van der Waals surface area contributed by atoms with Gasteiger partial charge in [-0.3, -0.25) is 4.79 Å². The first-order valence-electron chi connectivity index (χ1n) is 11.6. The average Bonchev–Trinajstić information content (AvgIpc) is 3.52. The Kier molecular flexibility index (Phi) is 5.88. The molecule has 3 heterocycles. The van der Waals surface area contributed by atoms with E-state index in [0.29, 0.717) is 12.3 Å². The first-order valence-corrected chi connectivity index (χ1v) is 11.6. The first-order chi connectivity index (χ1) is 15.7. The summed E-state index contributed by atoms with van der Waals surface area (Å²) in [5, 5.41) is 7.00. The van der Waals surface area contributed by atoms with Crippen molar-refractivity contribution < 1.29 is 9.32 Å². The van der Waals surface area contributed by atoms with Crippen LogP contribution in [0, 0.1) is 5.92 Å². The summed E-state index contributed by atoms with van der Waals surface area (Å²) >= 11 is 0. The maximum absolute atomic E-state index is 12.7. The van der Waals surface area contributed by atoms with E-state index >= 15 is 0 Å². The molecular weight excluding hydrogens is 402 g/mol. The van der Waals surface area contributed by atoms with Crippen LogP contribution in [0.1, 0.15) is 48.9 Å². The number of anilines is 1. The predicted octanol–water partition coefficient (Wildman–Crippen LogP) is 3.72. The van der Waals surface area contributed by atoms with Crippen LogP contribution in [0.15, 0.2) is 40.9 Å². The smallest absolute Gasteiger partial charge is 0.223 e. The number of carbonyl (C=O) groups is 1. The fourth-order valence-corrected chi connectivity index (χ4v) is 4.67. The summed E-state index contributed by atoms with van der Waals surface area (Å²) in [6.07, 6.45) is 5.66. The molecule has 0 saturated carbocycles. The molecule has 7 heteroatoms. The number of nitrogens with zero attached hydrogens (tertiary/aromatic N) is 4. The number of nitrogens with one attached hydrogen (secondary N) is 1. The fourth-order valence-electron chi connectivity index (χ4n) is 4.67. The van der Waals surface area contributed by atoms with Crippen molar-refractivity contribution in [2.24, 2.45) is 5.92 Å². The standard InChI is InChI=1S/C25H29N5O2/c1-2-19-15-20(32-29-19)16-26-25(31)18-11-13-30(14-12-18)24-21-9-6-10-22(21)27-23(28-24)17-7-4-3-5-8-17/h3-5,7-8,15,18H,2,6,9-14,16H2,1H3,(H,26,31). The second-order valence-corrected chi connectivity index (χ2v) is 8.63. The average molecular weight is 432 g/mol. The number of aryl methyl sites for hydroxylation is 2. The second kappa shape index (κ2) is 9.10. The van der Waals surface area contributed by atoms with Gasteiger partial charge in [0, 0.05) is 41.9 Å². The molecule has 0 spiro atoms. The number of piperidine rings is 1. The summed E-state index contributed by atoms with van der Waals surface area (Å²) in [7, 11) is 0. The van der Waals surface area contributed by atoms with Crippen molar-refractivity contribution in [2.45, 2.75) is 52.0 Å². The molecule has 0 unspecified atom stereocenters. The molecule has 0 atom stereocenters. The number of fused-ring (bicyclic) bond motifs is 1. The highest BCUT2D eigenvalue weighted by molar-refractivity contribution is 5.79. The molecule has 1 aromatic carbocycles. The van der Waals surface area contributed by atoms with E-state index in [1.54, 1.807) is 0 Å². The maximum Gasteiger partial charge on any atom is 0.223 e. The van der Waals surface area contributed by atoms with Crippen LogP contribution in [0.2, 0.25) is 0 Å². The SMILES string of the molecule is CCc1cc(CNC(=O)C2CCN(c3nc(-c4ccccc4)nc4c3CCC4)CC2)on1. The minimum absolute atomic E-state index is 0.0169. The minimum atomic E-state index is 0.0169. The molecule has 1 N–H and O–H groups in total. The van der Waals surface area contributed by atoms with Gasteiger partial charge in [0.1, 0.15) is 5.82 Å². The normalized spacial score (nSPS) is 16.2. The molecule has 3 aromatic rings. The molecule has 7 nitrogen and oxygen atoms in total. The van der Waals surface area contributed by atoms with E-state index in [2.05, 4.69) is 27.5 Å². The monoisotopic (exact) mass is 431 g/mol. The van der Waals surface area contributed by atoms with E-state index in [4.69, 9.17) is 14.5 Å². The zero-order valence-electron chi connectivity index (χ0n) is 18.5. The summed E-state index contributed by atoms with van der Waals surface area (Å²) < 4.78 is 5.27. The van der Waals surface area contributed by atoms with Gasteiger partial charge in [-0.05, 0) is 38.5 Å². The Morgan fingerprint density at radius 1 is 1.16 bits per heavy atom. The molecule has 1 fully saturated rings. The lowest BCUT2D eigenvalue weighted by molar-refractivity contribution is -0.125. The predicted molar refractivity (Wildman–Crippen MR) is 122 cm³/mol. The van der Waals surface area contributed by atoms with Crippen LogP contribution in [0.5, 0.6) is 0 Å². The number of aromatic nitrogens is 3. The lowest BCUT2D eigenvalue weighted by atomic mass is 9.95. The summed E-state index contributed by atoms with van der Waals surface area (Å²) in [5.41, 5.74) is 4.45. The van der Waals surface area contributed by atoms with Gasteiger partial charge in [-0.15, -0.1) is 0 Å². The summed E-state index contributed by atoms with van der Waals surface area (Å²) in [6, 6.07) is 12.1. The van der Waals surface area contributed by atoms with Crippen LogP contribution < -0.4 is 10.2 Å². The third kappa shape index (κ3) is 4.24. The van der Waals surface area contributed by atoms with Crippen LogP contribution in [-0.4, -0.2) is 34.1 Å². The molecule has 0 bridgehead atoms. The molecule has 1 saturated heterocycles. The Labute approximate surface area is 188 Å². The Morgan fingerprint density at radius 2 is 1.97 bits per heavy atom. The second-order valence-electron chi connectivity index (χ2n) is 8.63. The highest BCUT2D eigenvalue weighted by atomic mass is 16.5. The third-order valence-corrected chi connectivity index (χ3v) is 6.52. The van der Waals surface area contributed by atoms with Crippen LogP contribution in [-0.2, 0) is 30.6 Å². The largest absolute Gasteiger partial charge is 0.359 e. The van der Waals surface area contributed by atoms with E-state index in [0.717, 1.165) is 74.5 Å². The van der Waals surface area contributed by atoms with Gasteiger partial charge in [0.15, 0.2) is 11.6 Å². The molecule has 1 aliphatic heterocycles. The molecule has 1 amide bonds. The fraction of sp³-hybridized carbons (Fsp3) is 0.440. The van der Waals surface area contributed by atoms with Crippen molar-refractivity contribution in [3.8, 4) is 11.4 Å². The topological polar surface area (TPSA) is 84.2 Å². The van der Waals surface area contributed by atoms with E-state index in [-0.39, 0.29) is 11.8 Å². The summed E-state index contributed by atoms with van der Waals surface area (Å²) in [5.74, 6) is 2.69. The molecule has 166 valence electrons. The summed E-state index contributed by atoms with van der Waals surface area (Å²) in [4.78, 5) is 24.9. The van der Waals surface area contributed by atoms with Gasteiger partial charge in [-0.2, -0.15) is 0 Å². The van der Waals surface area contributed by atoms with Crippen LogP contribution >= 0.6 is 0 Å². The third-order valence-electron chi connectivity index (χ3n) is 6.52. The number of carbonyl (C=O) groups excluding carboxylic acids is 1. The highest BCUT2D eigenvalue weighted by Gasteiger charge is 2.29. The van der Waals surface area contributed by atoms with Crippen molar-refractivity contribution in [3.63, 3.8) is 0 Å². The number of hydrogen-bond donors (Lipinski definition) is 1. The molecule has 2 aromatic heterocycles. The van der Waals surface area contributed by atoms with Gasteiger partial charge in [0.05, 0.1) is 12.2 Å². The van der Waals surface area contributed by atoms with Crippen molar-refractivity contribution in [2.75, 3.05) is 18.0 Å². The lowest BCUT2D eigenvalue weighted by Crippen LogP contribution is -2.41. The van der Waals surface area contributed by atoms with E-state index in [1.165, 1.54) is 11.3 Å². The Balaban J connectivity index is 1.25. The quantitative estimate of drug-likeness (QED) is 0.640. The van der Waals surface area contributed by atoms with Gasteiger partial charge in [0.2, 0.25) is 5.91 Å². The number of hydrogen-bond acceptors (Lipinski definition) is 6. The molecular formula is C25H29N5O2. The molecule has 32 heavy (non-hydrogen) atoms. The van der Waals surface area contributed by atoms with Crippen molar-refractivity contribution in [1.82, 2.24) is 20.4 Å². The zero-order chi connectivity index (χ0) is 21.9. The molecule has 5 rings (SSSR count).